The molecule has 0 saturated carbocycles. The van der Waals surface area contributed by atoms with Crippen LogP contribution in [-0.4, -0.2) is 19.7 Å². The molecule has 0 fully saturated rings. The predicted molar refractivity (Wildman–Crippen MR) is 78.3 cm³/mol. The molecule has 1 N–H and O–H groups in total. The summed E-state index contributed by atoms with van der Waals surface area (Å²) in [4.78, 5) is 19.2. The molecule has 0 aliphatic rings. The number of nitrogens with one attached hydrogen (secondary N) is 1. The smallest absolute Gasteiger partial charge is 0.264 e. The van der Waals surface area contributed by atoms with Gasteiger partial charge in [0.1, 0.15) is 5.82 Å². The molecule has 0 bridgehead atoms. The lowest BCUT2D eigenvalue weighted by Gasteiger charge is -2.07. The molecule has 0 aliphatic carbocycles. The first-order chi connectivity index (χ1) is 8.47. The molecular weight excluding hydrogens is 343 g/mol. The van der Waals surface area contributed by atoms with Gasteiger partial charge >= 0.3 is 0 Å². The lowest BCUT2D eigenvalue weighted by Crippen LogP contribution is -2.17. The van der Waals surface area contributed by atoms with E-state index in [-0.39, 0.29) is 5.56 Å². The molecule has 5 nitrogen and oxygen atoms in total. The maximum Gasteiger partial charge on any atom is 0.264 e. The molecule has 0 aromatic carbocycles. The highest BCUT2D eigenvalue weighted by Crippen LogP contribution is 2.16. The summed E-state index contributed by atoms with van der Waals surface area (Å²) in [6.45, 7) is 4.23. The Hall–Kier alpha value is -1.18. The van der Waals surface area contributed by atoms with Crippen LogP contribution in [0.1, 0.15) is 19.5 Å². The molecular formula is C12H15IN4O. The van der Waals surface area contributed by atoms with Crippen LogP contribution in [0.25, 0.3) is 11.4 Å². The third-order valence-corrected chi connectivity index (χ3v) is 3.62. The summed E-state index contributed by atoms with van der Waals surface area (Å²) >= 11 is 2.05. The molecule has 0 atom stereocenters. The molecule has 0 radical (unpaired) electrons. The minimum Gasteiger partial charge on any atom is -0.306 e. The van der Waals surface area contributed by atoms with E-state index in [2.05, 4.69) is 51.5 Å². The van der Waals surface area contributed by atoms with E-state index in [1.54, 1.807) is 10.9 Å². The second kappa shape index (κ2) is 5.21. The maximum absolute atomic E-state index is 11.9. The Kier molecular flexibility index (Phi) is 3.84. The zero-order valence-corrected chi connectivity index (χ0v) is 12.7. The average Bonchev–Trinajstić information content (AvgIpc) is 2.70. The van der Waals surface area contributed by atoms with Crippen molar-refractivity contribution < 1.29 is 0 Å². The lowest BCUT2D eigenvalue weighted by molar-refractivity contribution is 0.631. The fourth-order valence-corrected chi connectivity index (χ4v) is 2.18. The predicted octanol–water partition coefficient (Wildman–Crippen LogP) is 1.97. The van der Waals surface area contributed by atoms with Crippen LogP contribution in [0.4, 0.5) is 0 Å². The highest BCUT2D eigenvalue weighted by molar-refractivity contribution is 14.1. The summed E-state index contributed by atoms with van der Waals surface area (Å²) in [5.41, 5.74) is 1.60. The van der Waals surface area contributed by atoms with Gasteiger partial charge in [-0.15, -0.1) is 0 Å². The van der Waals surface area contributed by atoms with E-state index >= 15 is 0 Å². The van der Waals surface area contributed by atoms with Gasteiger partial charge in [-0.05, 0) is 34.9 Å². The van der Waals surface area contributed by atoms with Crippen molar-refractivity contribution in [3.8, 4) is 11.4 Å². The van der Waals surface area contributed by atoms with Crippen molar-refractivity contribution in [3.05, 3.63) is 32.0 Å². The van der Waals surface area contributed by atoms with E-state index in [1.807, 2.05) is 13.2 Å². The zero-order valence-electron chi connectivity index (χ0n) is 10.6. The highest BCUT2D eigenvalue weighted by Gasteiger charge is 2.12. The molecule has 0 amide bonds. The normalized spacial score (nSPS) is 11.2. The molecule has 2 heterocycles. The zero-order chi connectivity index (χ0) is 13.3. The van der Waals surface area contributed by atoms with Gasteiger partial charge < -0.3 is 4.98 Å². The van der Waals surface area contributed by atoms with E-state index in [9.17, 15) is 4.79 Å². The van der Waals surface area contributed by atoms with Crippen LogP contribution in [-0.2, 0) is 13.5 Å². The monoisotopic (exact) mass is 358 g/mol. The number of halogens is 1. The number of aryl methyl sites for hydroxylation is 1. The van der Waals surface area contributed by atoms with E-state index < -0.39 is 0 Å². The lowest BCUT2D eigenvalue weighted by atomic mass is 10.1. The number of hydrogen-bond donors (Lipinski definition) is 1. The molecule has 96 valence electrons. The van der Waals surface area contributed by atoms with Crippen molar-refractivity contribution in [2.24, 2.45) is 13.0 Å². The first-order valence-corrected chi connectivity index (χ1v) is 6.83. The molecule has 0 aliphatic heterocycles. The number of aromatic amines is 1. The summed E-state index contributed by atoms with van der Waals surface area (Å²) < 4.78 is 2.36. The van der Waals surface area contributed by atoms with Crippen LogP contribution in [0.3, 0.4) is 0 Å². The minimum absolute atomic E-state index is 0.0832. The summed E-state index contributed by atoms with van der Waals surface area (Å²) in [6, 6.07) is 0. The van der Waals surface area contributed by atoms with E-state index in [1.165, 1.54) is 0 Å². The number of H-pyrrole nitrogens is 1. The van der Waals surface area contributed by atoms with Crippen molar-refractivity contribution in [2.45, 2.75) is 20.3 Å². The van der Waals surface area contributed by atoms with Gasteiger partial charge in [-0.3, -0.25) is 9.48 Å². The molecule has 18 heavy (non-hydrogen) atoms. The third-order valence-electron chi connectivity index (χ3n) is 2.51. The van der Waals surface area contributed by atoms with Gasteiger partial charge in [0.05, 0.1) is 21.0 Å². The van der Waals surface area contributed by atoms with Gasteiger partial charge in [-0.2, -0.15) is 5.10 Å². The first-order valence-electron chi connectivity index (χ1n) is 5.75. The molecule has 0 unspecified atom stereocenters. The number of rotatable bonds is 3. The van der Waals surface area contributed by atoms with E-state index in [4.69, 9.17) is 0 Å². The number of aromatic nitrogens is 4. The first kappa shape index (κ1) is 13.3. The Balaban J connectivity index is 2.50. The van der Waals surface area contributed by atoms with Crippen molar-refractivity contribution in [1.82, 2.24) is 19.7 Å². The van der Waals surface area contributed by atoms with Crippen molar-refractivity contribution in [1.29, 1.82) is 0 Å². The van der Waals surface area contributed by atoms with Crippen LogP contribution in [0.2, 0.25) is 0 Å². The van der Waals surface area contributed by atoms with Crippen LogP contribution < -0.4 is 5.56 Å². The van der Waals surface area contributed by atoms with Gasteiger partial charge in [0.25, 0.3) is 5.56 Å². The van der Waals surface area contributed by atoms with Crippen LogP contribution in [0, 0.1) is 9.49 Å². The fraction of sp³-hybridized carbons (Fsp3) is 0.417. The SMILES string of the molecule is CC(C)Cc1nc(-c2cnn(C)c2)[nH]c(=O)c1I. The van der Waals surface area contributed by atoms with E-state index in [0.717, 1.165) is 17.7 Å². The Bertz CT molecular complexity index is 615. The topological polar surface area (TPSA) is 63.6 Å². The van der Waals surface area contributed by atoms with Crippen LogP contribution >= 0.6 is 22.6 Å². The Morgan fingerprint density at radius 1 is 1.50 bits per heavy atom. The van der Waals surface area contributed by atoms with Crippen molar-refractivity contribution in [3.63, 3.8) is 0 Å². The Labute approximate surface area is 119 Å². The van der Waals surface area contributed by atoms with Crippen molar-refractivity contribution >= 4 is 22.6 Å². The molecule has 0 saturated heterocycles. The number of hydrogen-bond acceptors (Lipinski definition) is 3. The Morgan fingerprint density at radius 2 is 2.22 bits per heavy atom. The number of nitrogens with zero attached hydrogens (tertiary/aromatic N) is 3. The highest BCUT2D eigenvalue weighted by atomic mass is 127. The standard InChI is InChI=1S/C12H15IN4O/c1-7(2)4-9-10(13)12(18)16-11(15-9)8-5-14-17(3)6-8/h5-7H,4H2,1-3H3,(H,15,16,18). The fourth-order valence-electron chi connectivity index (χ4n) is 1.71. The largest absolute Gasteiger partial charge is 0.306 e. The van der Waals surface area contributed by atoms with Gasteiger partial charge in [0.15, 0.2) is 0 Å². The maximum atomic E-state index is 11.9. The van der Waals surface area contributed by atoms with Gasteiger partial charge in [-0.25, -0.2) is 4.98 Å². The van der Waals surface area contributed by atoms with Gasteiger partial charge in [0.2, 0.25) is 0 Å². The average molecular weight is 358 g/mol. The second-order valence-corrected chi connectivity index (χ2v) is 5.75. The van der Waals surface area contributed by atoms with Crippen LogP contribution in [0.15, 0.2) is 17.2 Å². The molecule has 2 aromatic heterocycles. The molecule has 2 aromatic rings. The molecule has 6 heteroatoms. The second-order valence-electron chi connectivity index (χ2n) is 4.68. The summed E-state index contributed by atoms with van der Waals surface area (Å²) in [5, 5.41) is 4.09. The van der Waals surface area contributed by atoms with Gasteiger partial charge in [0, 0.05) is 13.2 Å². The van der Waals surface area contributed by atoms with Crippen molar-refractivity contribution in [2.75, 3.05) is 0 Å². The minimum atomic E-state index is -0.0832. The van der Waals surface area contributed by atoms with Crippen LogP contribution in [0.5, 0.6) is 0 Å². The summed E-state index contributed by atoms with van der Waals surface area (Å²) in [7, 11) is 1.84. The Morgan fingerprint density at radius 3 is 2.78 bits per heavy atom. The summed E-state index contributed by atoms with van der Waals surface area (Å²) in [5.74, 6) is 1.05. The van der Waals surface area contributed by atoms with E-state index in [0.29, 0.717) is 15.3 Å². The molecule has 0 spiro atoms. The van der Waals surface area contributed by atoms with Gasteiger partial charge in [-0.1, -0.05) is 13.8 Å². The molecule has 2 rings (SSSR count). The quantitative estimate of drug-likeness (QED) is 0.854. The summed E-state index contributed by atoms with van der Waals surface area (Å²) in [6.07, 6.45) is 4.34. The third kappa shape index (κ3) is 2.80.